The molecule has 1 heterocycles. The number of piperidine rings is 1. The summed E-state index contributed by atoms with van der Waals surface area (Å²) in [5.41, 5.74) is 7.49. The fraction of sp³-hybridized carbons (Fsp3) is 0.500. The van der Waals surface area contributed by atoms with Crippen LogP contribution in [-0.2, 0) is 0 Å². The summed E-state index contributed by atoms with van der Waals surface area (Å²) in [4.78, 5) is 13.4. The molecule has 2 unspecified atom stereocenters. The van der Waals surface area contributed by atoms with Crippen molar-refractivity contribution >= 4 is 17.3 Å². The minimum atomic E-state index is -0.893. The molecule has 0 spiro atoms. The number of nitrogens with zero attached hydrogens (tertiary/aromatic N) is 1. The predicted molar refractivity (Wildman–Crippen MR) is 73.0 cm³/mol. The van der Waals surface area contributed by atoms with Crippen molar-refractivity contribution in [2.75, 3.05) is 17.2 Å². The van der Waals surface area contributed by atoms with Gasteiger partial charge in [0.1, 0.15) is 0 Å². The monoisotopic (exact) mass is 248 g/mol. The van der Waals surface area contributed by atoms with Crippen molar-refractivity contribution in [3.8, 4) is 0 Å². The van der Waals surface area contributed by atoms with Gasteiger partial charge in [-0.25, -0.2) is 4.79 Å². The molecule has 1 aromatic rings. The number of nitrogen functional groups attached to an aromatic ring is 1. The van der Waals surface area contributed by atoms with Crippen molar-refractivity contribution in [2.24, 2.45) is 5.92 Å². The fourth-order valence-corrected chi connectivity index (χ4v) is 2.73. The maximum atomic E-state index is 11.3. The van der Waals surface area contributed by atoms with Crippen LogP contribution in [0.4, 0.5) is 11.4 Å². The van der Waals surface area contributed by atoms with Crippen LogP contribution < -0.4 is 10.6 Å². The summed E-state index contributed by atoms with van der Waals surface area (Å²) in [7, 11) is 0. The molecular formula is C14H20N2O2. The van der Waals surface area contributed by atoms with Gasteiger partial charge in [-0.1, -0.05) is 6.92 Å². The Morgan fingerprint density at radius 3 is 2.78 bits per heavy atom. The van der Waals surface area contributed by atoms with Gasteiger partial charge in [0.05, 0.1) is 11.3 Å². The molecule has 2 atom stereocenters. The highest BCUT2D eigenvalue weighted by atomic mass is 16.4. The van der Waals surface area contributed by atoms with Gasteiger partial charge in [0, 0.05) is 18.3 Å². The van der Waals surface area contributed by atoms with Crippen LogP contribution in [0.1, 0.15) is 37.0 Å². The molecule has 18 heavy (non-hydrogen) atoms. The molecule has 1 saturated heterocycles. The second-order valence-corrected chi connectivity index (χ2v) is 5.25. The molecule has 4 nitrogen and oxygen atoms in total. The molecule has 0 bridgehead atoms. The largest absolute Gasteiger partial charge is 0.478 e. The first-order valence-corrected chi connectivity index (χ1v) is 6.38. The number of benzene rings is 1. The van der Waals surface area contributed by atoms with Crippen molar-refractivity contribution in [2.45, 2.75) is 32.7 Å². The fourth-order valence-electron chi connectivity index (χ4n) is 2.73. The zero-order valence-corrected chi connectivity index (χ0v) is 10.9. The van der Waals surface area contributed by atoms with Crippen molar-refractivity contribution in [3.05, 3.63) is 23.8 Å². The van der Waals surface area contributed by atoms with E-state index < -0.39 is 5.97 Å². The summed E-state index contributed by atoms with van der Waals surface area (Å²) in [5.74, 6) is -0.193. The van der Waals surface area contributed by atoms with E-state index in [2.05, 4.69) is 18.7 Å². The number of carbonyl (C=O) groups is 1. The van der Waals surface area contributed by atoms with E-state index in [0.717, 1.165) is 25.1 Å². The van der Waals surface area contributed by atoms with Crippen molar-refractivity contribution in [3.63, 3.8) is 0 Å². The Balaban J connectivity index is 2.37. The number of hydrogen-bond donors (Lipinski definition) is 2. The highest BCUT2D eigenvalue weighted by molar-refractivity contribution is 5.95. The Kier molecular flexibility index (Phi) is 3.45. The minimum absolute atomic E-state index is 0.339. The van der Waals surface area contributed by atoms with E-state index in [-0.39, 0.29) is 0 Å². The van der Waals surface area contributed by atoms with E-state index in [4.69, 9.17) is 5.73 Å². The summed E-state index contributed by atoms with van der Waals surface area (Å²) in [6.45, 7) is 5.28. The molecule has 0 radical (unpaired) electrons. The van der Waals surface area contributed by atoms with E-state index in [1.54, 1.807) is 18.2 Å². The highest BCUT2D eigenvalue weighted by Gasteiger charge is 2.26. The Bertz CT molecular complexity index is 459. The molecule has 98 valence electrons. The van der Waals surface area contributed by atoms with E-state index in [9.17, 15) is 9.90 Å². The molecular weight excluding hydrogens is 228 g/mol. The molecule has 0 aromatic heterocycles. The van der Waals surface area contributed by atoms with Crippen molar-refractivity contribution in [1.29, 1.82) is 0 Å². The summed E-state index contributed by atoms with van der Waals surface area (Å²) in [6, 6.07) is 5.37. The standard InChI is InChI=1S/C14H20N2O2/c1-9-5-6-16(10(2)7-9)13-8-11(15)3-4-12(13)14(17)18/h3-4,8-10H,5-7,15H2,1-2H3,(H,17,18). The summed E-state index contributed by atoms with van der Waals surface area (Å²) < 4.78 is 0. The van der Waals surface area contributed by atoms with E-state index >= 15 is 0 Å². The summed E-state index contributed by atoms with van der Waals surface area (Å²) >= 11 is 0. The lowest BCUT2D eigenvalue weighted by Crippen LogP contribution is -2.41. The van der Waals surface area contributed by atoms with Crippen LogP contribution in [0, 0.1) is 5.92 Å². The molecule has 1 fully saturated rings. The molecule has 0 saturated carbocycles. The van der Waals surface area contributed by atoms with Gasteiger partial charge in [-0.3, -0.25) is 0 Å². The average Bonchev–Trinajstić information content (AvgIpc) is 2.28. The number of carboxylic acid groups (broad SMARTS) is 1. The van der Waals surface area contributed by atoms with Crippen LogP contribution in [0.5, 0.6) is 0 Å². The first kappa shape index (κ1) is 12.7. The lowest BCUT2D eigenvalue weighted by atomic mass is 9.92. The quantitative estimate of drug-likeness (QED) is 0.789. The topological polar surface area (TPSA) is 66.6 Å². The van der Waals surface area contributed by atoms with Crippen LogP contribution in [0.25, 0.3) is 0 Å². The number of rotatable bonds is 2. The van der Waals surface area contributed by atoms with Gasteiger partial charge in [-0.15, -0.1) is 0 Å². The molecule has 1 aliphatic rings. The third-order valence-corrected chi connectivity index (χ3v) is 3.70. The van der Waals surface area contributed by atoms with Crippen LogP contribution in [-0.4, -0.2) is 23.7 Å². The van der Waals surface area contributed by atoms with Gasteiger partial charge in [0.2, 0.25) is 0 Å². The Morgan fingerprint density at radius 2 is 2.17 bits per heavy atom. The maximum absolute atomic E-state index is 11.3. The molecule has 0 aliphatic carbocycles. The second-order valence-electron chi connectivity index (χ2n) is 5.25. The summed E-state index contributed by atoms with van der Waals surface area (Å²) in [6.07, 6.45) is 2.19. The molecule has 1 aliphatic heterocycles. The van der Waals surface area contributed by atoms with Gasteiger partial charge < -0.3 is 15.7 Å². The minimum Gasteiger partial charge on any atom is -0.478 e. The first-order chi connectivity index (χ1) is 8.49. The zero-order chi connectivity index (χ0) is 13.3. The molecule has 1 aromatic carbocycles. The third-order valence-electron chi connectivity index (χ3n) is 3.70. The SMILES string of the molecule is CC1CCN(c2cc(N)ccc2C(=O)O)C(C)C1. The Labute approximate surface area is 107 Å². The third kappa shape index (κ3) is 2.42. The van der Waals surface area contributed by atoms with Crippen LogP contribution >= 0.6 is 0 Å². The van der Waals surface area contributed by atoms with Gasteiger partial charge in [0.25, 0.3) is 0 Å². The first-order valence-electron chi connectivity index (χ1n) is 6.38. The van der Waals surface area contributed by atoms with Crippen LogP contribution in [0.15, 0.2) is 18.2 Å². The van der Waals surface area contributed by atoms with Crippen molar-refractivity contribution < 1.29 is 9.90 Å². The maximum Gasteiger partial charge on any atom is 0.337 e. The number of aromatic carboxylic acids is 1. The predicted octanol–water partition coefficient (Wildman–Crippen LogP) is 2.59. The lowest BCUT2D eigenvalue weighted by Gasteiger charge is -2.39. The van der Waals surface area contributed by atoms with Crippen molar-refractivity contribution in [1.82, 2.24) is 0 Å². The summed E-state index contributed by atoms with van der Waals surface area (Å²) in [5, 5.41) is 9.26. The molecule has 2 rings (SSSR count). The molecule has 0 amide bonds. The normalized spacial score (nSPS) is 24.0. The van der Waals surface area contributed by atoms with Gasteiger partial charge >= 0.3 is 5.97 Å². The number of carboxylic acids is 1. The van der Waals surface area contributed by atoms with E-state index in [1.165, 1.54) is 0 Å². The van der Waals surface area contributed by atoms with Gasteiger partial charge in [0.15, 0.2) is 0 Å². The van der Waals surface area contributed by atoms with Gasteiger partial charge in [-0.05, 0) is 43.9 Å². The number of hydrogen-bond acceptors (Lipinski definition) is 3. The molecule has 3 N–H and O–H groups in total. The number of anilines is 2. The smallest absolute Gasteiger partial charge is 0.337 e. The van der Waals surface area contributed by atoms with E-state index in [0.29, 0.717) is 23.2 Å². The number of nitrogens with two attached hydrogens (primary N) is 1. The zero-order valence-electron chi connectivity index (χ0n) is 10.9. The van der Waals surface area contributed by atoms with Crippen LogP contribution in [0.2, 0.25) is 0 Å². The Hall–Kier alpha value is -1.71. The van der Waals surface area contributed by atoms with Gasteiger partial charge in [-0.2, -0.15) is 0 Å². The average molecular weight is 248 g/mol. The molecule has 4 heteroatoms. The van der Waals surface area contributed by atoms with E-state index in [1.807, 2.05) is 0 Å². The lowest BCUT2D eigenvalue weighted by molar-refractivity contribution is 0.0697. The Morgan fingerprint density at radius 1 is 1.44 bits per heavy atom. The van der Waals surface area contributed by atoms with Crippen LogP contribution in [0.3, 0.4) is 0 Å². The second kappa shape index (κ2) is 4.88. The highest BCUT2D eigenvalue weighted by Crippen LogP contribution is 2.31.